The summed E-state index contributed by atoms with van der Waals surface area (Å²) in [7, 11) is 0. The van der Waals surface area contributed by atoms with Gasteiger partial charge in [0.1, 0.15) is 0 Å². The van der Waals surface area contributed by atoms with Crippen molar-refractivity contribution in [3.8, 4) is 0 Å². The fraction of sp³-hybridized carbons (Fsp3) is 0.238. The van der Waals surface area contributed by atoms with Crippen molar-refractivity contribution in [1.29, 1.82) is 0 Å². The smallest absolute Gasteiger partial charge is 0.238 e. The average molecular weight is 317 g/mol. The number of carbonyl (C=O) groups excluding carboxylic acids is 2. The third-order valence-corrected chi connectivity index (χ3v) is 5.06. The molecule has 3 heteroatoms. The predicted octanol–water partition coefficient (Wildman–Crippen LogP) is 3.98. The molecule has 1 heterocycles. The molecule has 0 unspecified atom stereocenters. The summed E-state index contributed by atoms with van der Waals surface area (Å²) >= 11 is 0. The van der Waals surface area contributed by atoms with Crippen molar-refractivity contribution in [1.82, 2.24) is 0 Å². The molecule has 1 saturated heterocycles. The van der Waals surface area contributed by atoms with E-state index in [4.69, 9.17) is 0 Å². The molecule has 1 fully saturated rings. The van der Waals surface area contributed by atoms with Crippen molar-refractivity contribution in [2.24, 2.45) is 11.8 Å². The van der Waals surface area contributed by atoms with Gasteiger partial charge in [0, 0.05) is 0 Å². The Kier molecular flexibility index (Phi) is 3.57. The lowest BCUT2D eigenvalue weighted by atomic mass is 9.79. The Labute approximate surface area is 141 Å². The highest BCUT2D eigenvalue weighted by atomic mass is 16.2. The fourth-order valence-electron chi connectivity index (χ4n) is 3.70. The molecule has 2 aromatic carbocycles. The number of hydrogen-bond acceptors (Lipinski definition) is 2. The Balaban J connectivity index is 1.63. The number of rotatable bonds is 2. The van der Waals surface area contributed by atoms with Crippen LogP contribution in [0.3, 0.4) is 0 Å². The summed E-state index contributed by atoms with van der Waals surface area (Å²) in [6.07, 6.45) is 3.41. The van der Waals surface area contributed by atoms with Gasteiger partial charge in [-0.15, -0.1) is 0 Å². The molecule has 120 valence electrons. The second-order valence-electron chi connectivity index (χ2n) is 6.60. The molecule has 0 N–H and O–H groups in total. The Morgan fingerprint density at radius 1 is 0.875 bits per heavy atom. The number of hydrogen-bond donors (Lipinski definition) is 0. The van der Waals surface area contributed by atoms with E-state index in [1.807, 2.05) is 49.4 Å². The van der Waals surface area contributed by atoms with E-state index in [1.54, 1.807) is 0 Å². The molecule has 2 aliphatic rings. The van der Waals surface area contributed by atoms with Gasteiger partial charge in [0.2, 0.25) is 11.8 Å². The SMILES string of the molecule is Cc1ccc(N2C(=O)[C@@H]3CC=C(c4ccccc4)C[C@H]3C2=O)cc1. The van der Waals surface area contributed by atoms with Crippen LogP contribution in [0.2, 0.25) is 0 Å². The lowest BCUT2D eigenvalue weighted by molar-refractivity contribution is -0.122. The largest absolute Gasteiger partial charge is 0.274 e. The van der Waals surface area contributed by atoms with E-state index in [0.29, 0.717) is 18.5 Å². The molecular formula is C21H19NO2. The van der Waals surface area contributed by atoms with Crippen LogP contribution in [-0.2, 0) is 9.59 Å². The Morgan fingerprint density at radius 3 is 2.25 bits per heavy atom. The van der Waals surface area contributed by atoms with Gasteiger partial charge in [0.15, 0.2) is 0 Å². The minimum absolute atomic E-state index is 0.0581. The molecule has 0 aromatic heterocycles. The van der Waals surface area contributed by atoms with Gasteiger partial charge in [0.25, 0.3) is 0 Å². The highest BCUT2D eigenvalue weighted by Crippen LogP contribution is 2.42. The van der Waals surface area contributed by atoms with Gasteiger partial charge < -0.3 is 0 Å². The van der Waals surface area contributed by atoms with Crippen molar-refractivity contribution in [2.75, 3.05) is 4.90 Å². The molecule has 2 aromatic rings. The summed E-state index contributed by atoms with van der Waals surface area (Å²) in [5.41, 5.74) is 4.11. The van der Waals surface area contributed by atoms with Gasteiger partial charge in [-0.2, -0.15) is 0 Å². The highest BCUT2D eigenvalue weighted by molar-refractivity contribution is 6.22. The molecule has 0 bridgehead atoms. The van der Waals surface area contributed by atoms with Gasteiger partial charge in [-0.05, 0) is 43.0 Å². The number of imide groups is 1. The summed E-state index contributed by atoms with van der Waals surface area (Å²) in [5.74, 6) is -0.571. The van der Waals surface area contributed by atoms with E-state index in [2.05, 4.69) is 18.2 Å². The Bertz CT molecular complexity index is 821. The van der Waals surface area contributed by atoms with Crippen LogP contribution in [0.1, 0.15) is 24.0 Å². The highest BCUT2D eigenvalue weighted by Gasteiger charge is 2.49. The number of fused-ring (bicyclic) bond motifs is 1. The maximum Gasteiger partial charge on any atom is 0.238 e. The quantitative estimate of drug-likeness (QED) is 0.786. The maximum absolute atomic E-state index is 12.9. The van der Waals surface area contributed by atoms with Crippen LogP contribution in [0.25, 0.3) is 5.57 Å². The number of aryl methyl sites for hydroxylation is 1. The van der Waals surface area contributed by atoms with Crippen molar-refractivity contribution < 1.29 is 9.59 Å². The van der Waals surface area contributed by atoms with E-state index in [-0.39, 0.29) is 23.7 Å². The second-order valence-corrected chi connectivity index (χ2v) is 6.60. The third kappa shape index (κ3) is 2.37. The Morgan fingerprint density at radius 2 is 1.54 bits per heavy atom. The molecule has 1 aliphatic heterocycles. The van der Waals surface area contributed by atoms with Crippen LogP contribution in [0.4, 0.5) is 5.69 Å². The normalized spacial score (nSPS) is 23.2. The summed E-state index contributed by atoms with van der Waals surface area (Å²) in [4.78, 5) is 27.0. The second kappa shape index (κ2) is 5.75. The fourth-order valence-corrected chi connectivity index (χ4v) is 3.70. The van der Waals surface area contributed by atoms with Gasteiger partial charge >= 0.3 is 0 Å². The first-order valence-electron chi connectivity index (χ1n) is 8.34. The molecule has 1 aliphatic carbocycles. The molecule has 0 radical (unpaired) electrons. The first-order valence-corrected chi connectivity index (χ1v) is 8.34. The first-order chi connectivity index (χ1) is 11.6. The predicted molar refractivity (Wildman–Crippen MR) is 94.3 cm³/mol. The standard InChI is InChI=1S/C21H19NO2/c1-14-7-10-17(11-8-14)22-20(23)18-12-9-16(13-19(18)21(22)24)15-5-3-2-4-6-15/h2-11,18-19H,12-13H2,1H3/t18-,19-/m1/s1. The molecule has 24 heavy (non-hydrogen) atoms. The number of allylic oxidation sites excluding steroid dienone is 2. The number of nitrogens with zero attached hydrogens (tertiary/aromatic N) is 1. The summed E-state index contributed by atoms with van der Waals surface area (Å²) < 4.78 is 0. The molecule has 0 spiro atoms. The zero-order valence-corrected chi connectivity index (χ0v) is 13.6. The molecule has 0 saturated carbocycles. The van der Waals surface area contributed by atoms with Crippen molar-refractivity contribution in [3.63, 3.8) is 0 Å². The summed E-state index contributed by atoms with van der Waals surface area (Å²) in [6, 6.07) is 17.7. The van der Waals surface area contributed by atoms with Gasteiger partial charge in [-0.1, -0.05) is 54.1 Å². The first kappa shape index (κ1) is 14.9. The molecule has 2 atom stereocenters. The van der Waals surface area contributed by atoms with E-state index in [0.717, 1.165) is 11.1 Å². The number of carbonyl (C=O) groups is 2. The minimum atomic E-state index is -0.237. The van der Waals surface area contributed by atoms with E-state index >= 15 is 0 Å². The third-order valence-electron chi connectivity index (χ3n) is 5.06. The molecule has 4 rings (SSSR count). The topological polar surface area (TPSA) is 37.4 Å². The zero-order chi connectivity index (χ0) is 16.7. The van der Waals surface area contributed by atoms with Crippen molar-refractivity contribution in [3.05, 3.63) is 71.8 Å². The van der Waals surface area contributed by atoms with Crippen LogP contribution >= 0.6 is 0 Å². The van der Waals surface area contributed by atoms with E-state index < -0.39 is 0 Å². The molecule has 2 amide bonds. The van der Waals surface area contributed by atoms with Crippen LogP contribution in [-0.4, -0.2) is 11.8 Å². The van der Waals surface area contributed by atoms with E-state index in [9.17, 15) is 9.59 Å². The van der Waals surface area contributed by atoms with Crippen LogP contribution < -0.4 is 4.90 Å². The van der Waals surface area contributed by atoms with Crippen LogP contribution in [0, 0.1) is 18.8 Å². The van der Waals surface area contributed by atoms with Gasteiger partial charge in [-0.25, -0.2) is 0 Å². The summed E-state index contributed by atoms with van der Waals surface area (Å²) in [5, 5.41) is 0. The average Bonchev–Trinajstić information content (AvgIpc) is 2.87. The monoisotopic (exact) mass is 317 g/mol. The van der Waals surface area contributed by atoms with Gasteiger partial charge in [-0.3, -0.25) is 14.5 Å². The Hall–Kier alpha value is -2.68. The molecule has 3 nitrogen and oxygen atoms in total. The van der Waals surface area contributed by atoms with Crippen molar-refractivity contribution >= 4 is 23.1 Å². The zero-order valence-electron chi connectivity index (χ0n) is 13.6. The number of amides is 2. The number of benzene rings is 2. The summed E-state index contributed by atoms with van der Waals surface area (Å²) in [6.45, 7) is 1.99. The van der Waals surface area contributed by atoms with E-state index in [1.165, 1.54) is 10.5 Å². The van der Waals surface area contributed by atoms with Crippen molar-refractivity contribution in [2.45, 2.75) is 19.8 Å². The maximum atomic E-state index is 12.9. The lowest BCUT2D eigenvalue weighted by Gasteiger charge is -2.21. The lowest BCUT2D eigenvalue weighted by Crippen LogP contribution is -2.30. The van der Waals surface area contributed by atoms with Gasteiger partial charge in [0.05, 0.1) is 17.5 Å². The minimum Gasteiger partial charge on any atom is -0.274 e. The molecular weight excluding hydrogens is 298 g/mol. The van der Waals surface area contributed by atoms with Crippen LogP contribution in [0.5, 0.6) is 0 Å². The number of anilines is 1. The van der Waals surface area contributed by atoms with Crippen LogP contribution in [0.15, 0.2) is 60.7 Å².